The van der Waals surface area contributed by atoms with E-state index >= 15 is 0 Å². The summed E-state index contributed by atoms with van der Waals surface area (Å²) in [6, 6.07) is 11.2. The van der Waals surface area contributed by atoms with E-state index in [0.717, 1.165) is 18.4 Å². The minimum Gasteiger partial charge on any atom is -0.352 e. The van der Waals surface area contributed by atoms with Crippen molar-refractivity contribution in [3.63, 3.8) is 0 Å². The molecule has 2 aromatic carbocycles. The smallest absolute Gasteiger partial charge is 0.226 e. The van der Waals surface area contributed by atoms with E-state index in [9.17, 15) is 18.4 Å². The van der Waals surface area contributed by atoms with Crippen molar-refractivity contribution in [2.45, 2.75) is 45.2 Å². The van der Waals surface area contributed by atoms with Gasteiger partial charge in [-0.2, -0.15) is 0 Å². The lowest BCUT2D eigenvalue weighted by Gasteiger charge is -2.40. The van der Waals surface area contributed by atoms with Crippen molar-refractivity contribution in [1.82, 2.24) is 10.2 Å². The van der Waals surface area contributed by atoms with Gasteiger partial charge in [-0.05, 0) is 55.9 Å². The van der Waals surface area contributed by atoms with Crippen molar-refractivity contribution in [3.05, 3.63) is 70.8 Å². The van der Waals surface area contributed by atoms with Crippen LogP contribution in [0.4, 0.5) is 8.78 Å². The van der Waals surface area contributed by atoms with Gasteiger partial charge in [0.15, 0.2) is 0 Å². The molecule has 1 aliphatic carbocycles. The third-order valence-corrected chi connectivity index (χ3v) is 6.14. The van der Waals surface area contributed by atoms with Gasteiger partial charge in [0.05, 0.1) is 12.0 Å². The molecule has 1 saturated carbocycles. The van der Waals surface area contributed by atoms with Crippen LogP contribution in [-0.2, 0) is 16.1 Å². The minimum atomic E-state index is -0.348. The standard InChI is InChI=1S/C24H26F2N2O2/c1-15-12-17(8-10-20(15)25)22-11-9-19(14-28(22)24(30)16-6-7-16)23(29)27-13-18-4-2-3-5-21(18)26/h2-5,8,10,12,16,19,22H,6-7,9,11,13-14H2,1H3,(H,27,29)/t19-,22+/m0/s1. The number of rotatable bonds is 5. The number of nitrogens with one attached hydrogen (secondary N) is 1. The second kappa shape index (κ2) is 8.54. The predicted molar refractivity (Wildman–Crippen MR) is 109 cm³/mol. The molecule has 0 bridgehead atoms. The van der Waals surface area contributed by atoms with E-state index in [1.165, 1.54) is 12.1 Å². The summed E-state index contributed by atoms with van der Waals surface area (Å²) in [6.07, 6.45) is 3.03. The fourth-order valence-electron chi connectivity index (χ4n) is 4.18. The Labute approximate surface area is 175 Å². The van der Waals surface area contributed by atoms with Crippen LogP contribution in [0.1, 0.15) is 48.4 Å². The maximum atomic E-state index is 13.8. The summed E-state index contributed by atoms with van der Waals surface area (Å²) < 4.78 is 27.5. The van der Waals surface area contributed by atoms with Crippen LogP contribution in [0.15, 0.2) is 42.5 Å². The Hall–Kier alpha value is -2.76. The van der Waals surface area contributed by atoms with Gasteiger partial charge in [0.2, 0.25) is 11.8 Å². The van der Waals surface area contributed by atoms with E-state index in [2.05, 4.69) is 5.32 Å². The topological polar surface area (TPSA) is 49.4 Å². The SMILES string of the molecule is Cc1cc([C@H]2CC[C@H](C(=O)NCc3ccccc3F)CN2C(=O)C2CC2)ccc1F. The fraction of sp³-hybridized carbons (Fsp3) is 0.417. The number of halogens is 2. The third-order valence-electron chi connectivity index (χ3n) is 6.14. The van der Waals surface area contributed by atoms with Crippen LogP contribution in [0, 0.1) is 30.4 Å². The molecule has 1 aliphatic heterocycles. The number of piperidine rings is 1. The highest BCUT2D eigenvalue weighted by Crippen LogP contribution is 2.39. The Morgan fingerprint density at radius 3 is 2.43 bits per heavy atom. The second-order valence-corrected chi connectivity index (χ2v) is 8.37. The number of carbonyl (C=O) groups is 2. The lowest BCUT2D eigenvalue weighted by molar-refractivity contribution is -0.140. The molecule has 4 rings (SSSR count). The first kappa shape index (κ1) is 20.5. The third kappa shape index (κ3) is 4.37. The highest BCUT2D eigenvalue weighted by molar-refractivity contribution is 5.84. The molecule has 2 aliphatic rings. The first-order chi connectivity index (χ1) is 14.4. The van der Waals surface area contributed by atoms with Crippen LogP contribution in [0.5, 0.6) is 0 Å². The van der Waals surface area contributed by atoms with Crippen LogP contribution in [0.25, 0.3) is 0 Å². The van der Waals surface area contributed by atoms with Crippen molar-refractivity contribution in [2.24, 2.45) is 11.8 Å². The van der Waals surface area contributed by atoms with Crippen molar-refractivity contribution >= 4 is 11.8 Å². The fourth-order valence-corrected chi connectivity index (χ4v) is 4.18. The Kier molecular flexibility index (Phi) is 5.84. The maximum Gasteiger partial charge on any atom is 0.226 e. The lowest BCUT2D eigenvalue weighted by Crippen LogP contribution is -2.47. The molecule has 4 nitrogen and oxygen atoms in total. The van der Waals surface area contributed by atoms with Gasteiger partial charge in [0, 0.05) is 24.6 Å². The summed E-state index contributed by atoms with van der Waals surface area (Å²) in [6.45, 7) is 2.17. The molecular formula is C24H26F2N2O2. The van der Waals surface area contributed by atoms with Crippen LogP contribution in [0.3, 0.4) is 0 Å². The van der Waals surface area contributed by atoms with Crippen LogP contribution in [0.2, 0.25) is 0 Å². The monoisotopic (exact) mass is 412 g/mol. The molecule has 1 heterocycles. The number of hydrogen-bond acceptors (Lipinski definition) is 2. The van der Waals surface area contributed by atoms with E-state index < -0.39 is 0 Å². The van der Waals surface area contributed by atoms with Gasteiger partial charge in [-0.15, -0.1) is 0 Å². The van der Waals surface area contributed by atoms with Gasteiger partial charge in [-0.3, -0.25) is 9.59 Å². The molecule has 0 radical (unpaired) electrons. The molecule has 2 fully saturated rings. The average Bonchev–Trinajstić information content (AvgIpc) is 3.59. The summed E-state index contributed by atoms with van der Waals surface area (Å²) >= 11 is 0. The number of hydrogen-bond donors (Lipinski definition) is 1. The Morgan fingerprint density at radius 1 is 1.00 bits per heavy atom. The normalized spacial score (nSPS) is 21.4. The summed E-state index contributed by atoms with van der Waals surface area (Å²) in [5.41, 5.74) is 1.90. The zero-order valence-corrected chi connectivity index (χ0v) is 17.0. The molecule has 158 valence electrons. The molecule has 1 saturated heterocycles. The molecular weight excluding hydrogens is 386 g/mol. The van der Waals surface area contributed by atoms with Crippen LogP contribution >= 0.6 is 0 Å². The van der Waals surface area contributed by atoms with Crippen molar-refractivity contribution in [1.29, 1.82) is 0 Å². The first-order valence-electron chi connectivity index (χ1n) is 10.5. The number of benzene rings is 2. The molecule has 30 heavy (non-hydrogen) atoms. The van der Waals surface area contributed by atoms with Crippen molar-refractivity contribution < 1.29 is 18.4 Å². The molecule has 0 aromatic heterocycles. The second-order valence-electron chi connectivity index (χ2n) is 8.37. The van der Waals surface area contributed by atoms with Crippen LogP contribution < -0.4 is 5.32 Å². The largest absolute Gasteiger partial charge is 0.352 e. The Morgan fingerprint density at radius 2 is 1.73 bits per heavy atom. The van der Waals surface area contributed by atoms with Crippen LogP contribution in [-0.4, -0.2) is 23.3 Å². The van der Waals surface area contributed by atoms with Gasteiger partial charge in [0.1, 0.15) is 11.6 Å². The van der Waals surface area contributed by atoms with E-state index in [1.54, 1.807) is 42.2 Å². The van der Waals surface area contributed by atoms with E-state index in [0.29, 0.717) is 30.5 Å². The van der Waals surface area contributed by atoms with Gasteiger partial charge in [-0.1, -0.05) is 30.3 Å². The van der Waals surface area contributed by atoms with E-state index in [1.807, 2.05) is 0 Å². The Balaban J connectivity index is 1.47. The molecule has 0 unspecified atom stereocenters. The van der Waals surface area contributed by atoms with Gasteiger partial charge >= 0.3 is 0 Å². The van der Waals surface area contributed by atoms with E-state index in [4.69, 9.17) is 0 Å². The highest BCUT2D eigenvalue weighted by Gasteiger charge is 2.41. The number of aryl methyl sites for hydroxylation is 1. The molecule has 0 spiro atoms. The number of nitrogens with zero attached hydrogens (tertiary/aromatic N) is 1. The quantitative estimate of drug-likeness (QED) is 0.797. The predicted octanol–water partition coefficient (Wildman–Crippen LogP) is 4.28. The van der Waals surface area contributed by atoms with Crippen molar-refractivity contribution in [3.8, 4) is 0 Å². The molecule has 2 atom stereocenters. The summed E-state index contributed by atoms with van der Waals surface area (Å²) in [4.78, 5) is 27.5. The van der Waals surface area contributed by atoms with Gasteiger partial charge in [-0.25, -0.2) is 8.78 Å². The minimum absolute atomic E-state index is 0.0364. The molecule has 2 amide bonds. The number of likely N-dealkylation sites (tertiary alicyclic amines) is 1. The highest BCUT2D eigenvalue weighted by atomic mass is 19.1. The molecule has 1 N–H and O–H groups in total. The number of amides is 2. The van der Waals surface area contributed by atoms with Gasteiger partial charge in [0.25, 0.3) is 0 Å². The van der Waals surface area contributed by atoms with E-state index in [-0.39, 0.29) is 47.9 Å². The zero-order valence-electron chi connectivity index (χ0n) is 17.0. The lowest BCUT2D eigenvalue weighted by atomic mass is 9.87. The average molecular weight is 412 g/mol. The summed E-state index contributed by atoms with van der Waals surface area (Å²) in [5, 5.41) is 2.82. The number of carbonyl (C=O) groups excluding carboxylic acids is 2. The summed E-state index contributed by atoms with van der Waals surface area (Å²) in [7, 11) is 0. The van der Waals surface area contributed by atoms with Crippen molar-refractivity contribution in [2.75, 3.05) is 6.54 Å². The summed E-state index contributed by atoms with van der Waals surface area (Å²) in [5.74, 6) is -1.00. The zero-order chi connectivity index (χ0) is 21.3. The first-order valence-corrected chi connectivity index (χ1v) is 10.5. The molecule has 6 heteroatoms. The Bertz CT molecular complexity index is 958. The van der Waals surface area contributed by atoms with Gasteiger partial charge < -0.3 is 10.2 Å². The molecule has 2 aromatic rings. The maximum absolute atomic E-state index is 13.8.